The molecule has 122 valence electrons. The topological polar surface area (TPSA) is 68.6 Å². The van der Waals surface area contributed by atoms with Gasteiger partial charge >= 0.3 is 5.97 Å². The highest BCUT2D eigenvalue weighted by Crippen LogP contribution is 2.29. The van der Waals surface area contributed by atoms with Crippen LogP contribution in [0.3, 0.4) is 0 Å². The number of hydrogen-bond acceptors (Lipinski definition) is 5. The molecule has 0 bridgehead atoms. The van der Waals surface area contributed by atoms with Gasteiger partial charge in [-0.25, -0.2) is 4.79 Å². The number of hydrogen-bond donors (Lipinski definition) is 0. The van der Waals surface area contributed by atoms with Gasteiger partial charge in [-0.05, 0) is 29.3 Å². The molecule has 0 aliphatic heterocycles. The molecule has 0 aliphatic carbocycles. The van der Waals surface area contributed by atoms with E-state index in [1.54, 1.807) is 25.3 Å². The lowest BCUT2D eigenvalue weighted by atomic mass is 10.1. The van der Waals surface area contributed by atoms with Crippen molar-refractivity contribution in [2.24, 2.45) is 0 Å². The van der Waals surface area contributed by atoms with E-state index in [2.05, 4.69) is 4.74 Å². The highest BCUT2D eigenvalue weighted by atomic mass is 16.5. The fraction of sp³-hybridized carbons (Fsp3) is 0.158. The normalized spacial score (nSPS) is 10.6. The standard InChI is InChI=1S/C19H17NO4/c1-22-17-9-8-15(10-16(12-20)19(21)23-2)11-18(17)24-13-14-6-4-3-5-7-14/h3-11H,13H2,1-2H3/b16-10-. The molecule has 0 aromatic heterocycles. The van der Waals surface area contributed by atoms with Gasteiger partial charge in [-0.2, -0.15) is 5.26 Å². The van der Waals surface area contributed by atoms with Crippen LogP contribution in [0.15, 0.2) is 54.1 Å². The van der Waals surface area contributed by atoms with Gasteiger partial charge in [0.25, 0.3) is 0 Å². The summed E-state index contributed by atoms with van der Waals surface area (Å²) < 4.78 is 15.7. The van der Waals surface area contributed by atoms with E-state index >= 15 is 0 Å². The molecule has 5 nitrogen and oxygen atoms in total. The molecule has 0 saturated carbocycles. The van der Waals surface area contributed by atoms with Gasteiger partial charge in [0, 0.05) is 0 Å². The van der Waals surface area contributed by atoms with Crippen molar-refractivity contribution in [2.45, 2.75) is 6.61 Å². The molecule has 2 aromatic carbocycles. The minimum atomic E-state index is -0.680. The Morgan fingerprint density at radius 3 is 2.50 bits per heavy atom. The largest absolute Gasteiger partial charge is 0.493 e. The van der Waals surface area contributed by atoms with Crippen LogP contribution in [0.2, 0.25) is 0 Å². The number of esters is 1. The van der Waals surface area contributed by atoms with Crippen molar-refractivity contribution < 1.29 is 19.0 Å². The van der Waals surface area contributed by atoms with Crippen LogP contribution >= 0.6 is 0 Å². The Hall–Kier alpha value is -3.26. The molecule has 5 heteroatoms. The number of methoxy groups -OCH3 is 2. The molecule has 0 atom stereocenters. The van der Waals surface area contributed by atoms with E-state index in [-0.39, 0.29) is 5.57 Å². The van der Waals surface area contributed by atoms with Gasteiger partial charge in [-0.1, -0.05) is 36.4 Å². The maximum Gasteiger partial charge on any atom is 0.348 e. The Balaban J connectivity index is 2.25. The van der Waals surface area contributed by atoms with Crippen molar-refractivity contribution >= 4 is 12.0 Å². The zero-order chi connectivity index (χ0) is 17.4. The highest BCUT2D eigenvalue weighted by Gasteiger charge is 2.10. The van der Waals surface area contributed by atoms with Gasteiger partial charge in [0.1, 0.15) is 18.2 Å². The average molecular weight is 323 g/mol. The quantitative estimate of drug-likeness (QED) is 0.463. The Morgan fingerprint density at radius 2 is 1.88 bits per heavy atom. The third-order valence-electron chi connectivity index (χ3n) is 3.26. The predicted octanol–water partition coefficient (Wildman–Crippen LogP) is 3.35. The van der Waals surface area contributed by atoms with Gasteiger partial charge in [0.05, 0.1) is 14.2 Å². The first-order valence-electron chi connectivity index (χ1n) is 7.22. The summed E-state index contributed by atoms with van der Waals surface area (Å²) in [5, 5.41) is 9.04. The number of nitriles is 1. The lowest BCUT2D eigenvalue weighted by molar-refractivity contribution is -0.135. The van der Waals surface area contributed by atoms with Crippen LogP contribution in [0.1, 0.15) is 11.1 Å². The van der Waals surface area contributed by atoms with Crippen molar-refractivity contribution in [1.29, 1.82) is 5.26 Å². The molecule has 0 amide bonds. The van der Waals surface area contributed by atoms with Gasteiger partial charge in [0.2, 0.25) is 0 Å². The molecule has 2 aromatic rings. The maximum atomic E-state index is 11.5. The summed E-state index contributed by atoms with van der Waals surface area (Å²) >= 11 is 0. The third kappa shape index (κ3) is 4.37. The predicted molar refractivity (Wildman–Crippen MR) is 89.4 cm³/mol. The molecule has 0 fully saturated rings. The fourth-order valence-corrected chi connectivity index (χ4v) is 2.04. The lowest BCUT2D eigenvalue weighted by Crippen LogP contribution is -2.02. The number of carbonyl (C=O) groups excluding carboxylic acids is 1. The van der Waals surface area contributed by atoms with E-state index < -0.39 is 5.97 Å². The molecule has 0 radical (unpaired) electrons. The SMILES string of the molecule is COC(=O)/C(C#N)=C\c1ccc(OC)c(OCc2ccccc2)c1. The molecular formula is C19H17NO4. The van der Waals surface area contributed by atoms with Crippen LogP contribution in [0.25, 0.3) is 6.08 Å². The number of rotatable bonds is 6. The van der Waals surface area contributed by atoms with Crippen LogP contribution < -0.4 is 9.47 Å². The van der Waals surface area contributed by atoms with Gasteiger partial charge < -0.3 is 14.2 Å². The molecule has 0 aliphatic rings. The summed E-state index contributed by atoms with van der Waals surface area (Å²) in [5.74, 6) is 0.414. The number of benzene rings is 2. The minimum absolute atomic E-state index is 0.0864. The van der Waals surface area contributed by atoms with Crippen LogP contribution in [0.5, 0.6) is 11.5 Å². The average Bonchev–Trinajstić information content (AvgIpc) is 2.64. The molecule has 0 saturated heterocycles. The van der Waals surface area contributed by atoms with E-state index in [4.69, 9.17) is 14.7 Å². The van der Waals surface area contributed by atoms with Gasteiger partial charge in [0.15, 0.2) is 11.5 Å². The molecule has 24 heavy (non-hydrogen) atoms. The Morgan fingerprint density at radius 1 is 1.12 bits per heavy atom. The van der Waals surface area contributed by atoms with Crippen LogP contribution in [0.4, 0.5) is 0 Å². The van der Waals surface area contributed by atoms with E-state index in [9.17, 15) is 4.79 Å². The van der Waals surface area contributed by atoms with Crippen molar-refractivity contribution in [1.82, 2.24) is 0 Å². The van der Waals surface area contributed by atoms with Crippen LogP contribution in [-0.2, 0) is 16.1 Å². The summed E-state index contributed by atoms with van der Waals surface area (Å²) in [6, 6.07) is 16.7. The second-order valence-electron chi connectivity index (χ2n) is 4.85. The maximum absolute atomic E-state index is 11.5. The number of ether oxygens (including phenoxy) is 3. The summed E-state index contributed by atoms with van der Waals surface area (Å²) in [7, 11) is 2.78. The van der Waals surface area contributed by atoms with Crippen molar-refractivity contribution in [3.05, 3.63) is 65.2 Å². The summed E-state index contributed by atoms with van der Waals surface area (Å²) in [4.78, 5) is 11.5. The lowest BCUT2D eigenvalue weighted by Gasteiger charge is -2.11. The second-order valence-corrected chi connectivity index (χ2v) is 4.85. The van der Waals surface area contributed by atoms with Gasteiger partial charge in [-0.15, -0.1) is 0 Å². The first-order chi connectivity index (χ1) is 11.7. The zero-order valence-electron chi connectivity index (χ0n) is 13.5. The molecule has 0 N–H and O–H groups in total. The van der Waals surface area contributed by atoms with Crippen molar-refractivity contribution in [2.75, 3.05) is 14.2 Å². The van der Waals surface area contributed by atoms with E-state index in [1.165, 1.54) is 13.2 Å². The molecule has 0 unspecified atom stereocenters. The van der Waals surface area contributed by atoms with Crippen LogP contribution in [-0.4, -0.2) is 20.2 Å². The monoisotopic (exact) mass is 323 g/mol. The summed E-state index contributed by atoms with van der Waals surface area (Å²) in [5.41, 5.74) is 1.57. The highest BCUT2D eigenvalue weighted by molar-refractivity contribution is 5.97. The zero-order valence-corrected chi connectivity index (χ0v) is 13.5. The molecule has 0 spiro atoms. The Labute approximate surface area is 140 Å². The Bertz CT molecular complexity index is 776. The minimum Gasteiger partial charge on any atom is -0.493 e. The van der Waals surface area contributed by atoms with Crippen molar-refractivity contribution in [3.8, 4) is 17.6 Å². The molecule has 2 rings (SSSR count). The first kappa shape index (κ1) is 17.1. The summed E-state index contributed by atoms with van der Waals surface area (Å²) in [6.07, 6.45) is 1.45. The van der Waals surface area contributed by atoms with Crippen molar-refractivity contribution in [3.63, 3.8) is 0 Å². The number of carbonyl (C=O) groups is 1. The summed E-state index contributed by atoms with van der Waals surface area (Å²) in [6.45, 7) is 0.381. The van der Waals surface area contributed by atoms with E-state index in [0.717, 1.165) is 5.56 Å². The van der Waals surface area contributed by atoms with Gasteiger partial charge in [-0.3, -0.25) is 0 Å². The third-order valence-corrected chi connectivity index (χ3v) is 3.26. The first-order valence-corrected chi connectivity index (χ1v) is 7.22. The van der Waals surface area contributed by atoms with E-state index in [0.29, 0.717) is 23.7 Å². The van der Waals surface area contributed by atoms with E-state index in [1.807, 2.05) is 36.4 Å². The van der Waals surface area contributed by atoms with Crippen LogP contribution in [0, 0.1) is 11.3 Å². The molecular weight excluding hydrogens is 306 g/mol. The Kier molecular flexibility index (Phi) is 5.98. The molecule has 0 heterocycles. The smallest absolute Gasteiger partial charge is 0.348 e. The second kappa shape index (κ2) is 8.39. The fourth-order valence-electron chi connectivity index (χ4n) is 2.04. The number of nitrogens with zero attached hydrogens (tertiary/aromatic N) is 1.